The van der Waals surface area contributed by atoms with E-state index in [2.05, 4.69) is 5.16 Å². The van der Waals surface area contributed by atoms with E-state index in [1.54, 1.807) is 18.3 Å². The second-order valence-corrected chi connectivity index (χ2v) is 4.17. The van der Waals surface area contributed by atoms with E-state index in [1.165, 1.54) is 7.11 Å². The van der Waals surface area contributed by atoms with Gasteiger partial charge in [0.1, 0.15) is 5.75 Å². The molecule has 0 saturated carbocycles. The molecular formula is C11H10Cl2N2O2. The van der Waals surface area contributed by atoms with Crippen LogP contribution in [0.3, 0.4) is 0 Å². The van der Waals surface area contributed by atoms with E-state index in [0.29, 0.717) is 33.7 Å². The van der Waals surface area contributed by atoms with Gasteiger partial charge in [0.05, 0.1) is 23.4 Å². The Kier molecular flexibility index (Phi) is 3.57. The zero-order valence-electron chi connectivity index (χ0n) is 9.04. The molecule has 2 N–H and O–H groups in total. The van der Waals surface area contributed by atoms with Gasteiger partial charge < -0.3 is 15.0 Å². The van der Waals surface area contributed by atoms with Crippen LogP contribution in [0.15, 0.2) is 22.9 Å². The number of hydrogen-bond donors (Lipinski definition) is 1. The lowest BCUT2D eigenvalue weighted by molar-refractivity contribution is 0.414. The van der Waals surface area contributed by atoms with Crippen LogP contribution in [0.25, 0.3) is 11.3 Å². The van der Waals surface area contributed by atoms with Crippen LogP contribution < -0.4 is 10.5 Å². The molecule has 6 heteroatoms. The summed E-state index contributed by atoms with van der Waals surface area (Å²) in [7, 11) is 1.52. The summed E-state index contributed by atoms with van der Waals surface area (Å²) in [5.74, 6) is 1.04. The van der Waals surface area contributed by atoms with Crippen LogP contribution in [0.2, 0.25) is 10.0 Å². The molecule has 0 aliphatic carbocycles. The summed E-state index contributed by atoms with van der Waals surface area (Å²) in [6, 6.07) is 3.30. The molecule has 1 aromatic heterocycles. The summed E-state index contributed by atoms with van der Waals surface area (Å²) in [5, 5.41) is 4.62. The zero-order valence-corrected chi connectivity index (χ0v) is 10.5. The molecule has 90 valence electrons. The maximum atomic E-state index is 6.13. The van der Waals surface area contributed by atoms with Crippen molar-refractivity contribution in [2.45, 2.75) is 6.54 Å². The molecular weight excluding hydrogens is 263 g/mol. The highest BCUT2D eigenvalue weighted by Crippen LogP contribution is 2.37. The van der Waals surface area contributed by atoms with Gasteiger partial charge in [-0.2, -0.15) is 0 Å². The Bertz CT molecular complexity index is 540. The third-order valence-corrected chi connectivity index (χ3v) is 2.96. The Morgan fingerprint density at radius 1 is 1.35 bits per heavy atom. The predicted octanol–water partition coefficient (Wildman–Crippen LogP) is 3.12. The minimum absolute atomic E-state index is 0.318. The summed E-state index contributed by atoms with van der Waals surface area (Å²) in [6.07, 6.45) is 1.56. The van der Waals surface area contributed by atoms with E-state index in [0.717, 1.165) is 5.56 Å². The summed E-state index contributed by atoms with van der Waals surface area (Å²) in [6.45, 7) is 0.318. The SMILES string of the molecule is COc1cc(Cl)c(-c2oncc2CN)cc1Cl. The van der Waals surface area contributed by atoms with Crippen LogP contribution >= 0.6 is 23.2 Å². The fraction of sp³-hybridized carbons (Fsp3) is 0.182. The van der Waals surface area contributed by atoms with Gasteiger partial charge in [0.15, 0.2) is 5.76 Å². The Balaban J connectivity index is 2.56. The van der Waals surface area contributed by atoms with E-state index in [4.69, 9.17) is 38.2 Å². The summed E-state index contributed by atoms with van der Waals surface area (Å²) >= 11 is 12.2. The summed E-state index contributed by atoms with van der Waals surface area (Å²) in [5.41, 5.74) is 7.00. The minimum atomic E-state index is 0.318. The largest absolute Gasteiger partial charge is 0.495 e. The van der Waals surface area contributed by atoms with Gasteiger partial charge in [-0.1, -0.05) is 28.4 Å². The number of halogens is 2. The number of nitrogens with two attached hydrogens (primary N) is 1. The summed E-state index contributed by atoms with van der Waals surface area (Å²) in [4.78, 5) is 0. The van der Waals surface area contributed by atoms with Crippen molar-refractivity contribution >= 4 is 23.2 Å². The van der Waals surface area contributed by atoms with Crippen molar-refractivity contribution in [1.82, 2.24) is 5.16 Å². The average molecular weight is 273 g/mol. The number of rotatable bonds is 3. The Hall–Kier alpha value is -1.23. The monoisotopic (exact) mass is 272 g/mol. The van der Waals surface area contributed by atoms with Gasteiger partial charge in [0.2, 0.25) is 0 Å². The number of aromatic nitrogens is 1. The molecule has 2 aromatic rings. The van der Waals surface area contributed by atoms with Crippen molar-refractivity contribution in [3.63, 3.8) is 0 Å². The van der Waals surface area contributed by atoms with Gasteiger partial charge in [0, 0.05) is 23.7 Å². The van der Waals surface area contributed by atoms with Crippen molar-refractivity contribution in [1.29, 1.82) is 0 Å². The van der Waals surface area contributed by atoms with Gasteiger partial charge >= 0.3 is 0 Å². The smallest absolute Gasteiger partial charge is 0.172 e. The van der Waals surface area contributed by atoms with Gasteiger partial charge in [-0.15, -0.1) is 0 Å². The summed E-state index contributed by atoms with van der Waals surface area (Å²) < 4.78 is 10.2. The third kappa shape index (κ3) is 2.24. The standard InChI is InChI=1S/C11H10Cl2N2O2/c1-16-10-3-8(12)7(2-9(10)13)11-6(4-14)5-15-17-11/h2-3,5H,4,14H2,1H3. The zero-order chi connectivity index (χ0) is 12.4. The number of benzene rings is 1. The molecule has 0 bridgehead atoms. The molecule has 0 fully saturated rings. The lowest BCUT2D eigenvalue weighted by Gasteiger charge is -2.07. The van der Waals surface area contributed by atoms with E-state index in [9.17, 15) is 0 Å². The van der Waals surface area contributed by atoms with Crippen LogP contribution in [0.1, 0.15) is 5.56 Å². The van der Waals surface area contributed by atoms with Gasteiger partial charge in [-0.25, -0.2) is 0 Å². The first-order chi connectivity index (χ1) is 8.17. The van der Waals surface area contributed by atoms with Crippen LogP contribution in [-0.4, -0.2) is 12.3 Å². The minimum Gasteiger partial charge on any atom is -0.495 e. The van der Waals surface area contributed by atoms with Crippen molar-refractivity contribution in [3.8, 4) is 17.1 Å². The molecule has 1 aromatic carbocycles. The van der Waals surface area contributed by atoms with Gasteiger partial charge in [-0.05, 0) is 6.07 Å². The predicted molar refractivity (Wildman–Crippen MR) is 66.4 cm³/mol. The van der Waals surface area contributed by atoms with Crippen LogP contribution in [0, 0.1) is 0 Å². The Morgan fingerprint density at radius 2 is 2.12 bits per heavy atom. The highest BCUT2D eigenvalue weighted by Gasteiger charge is 2.16. The number of hydrogen-bond acceptors (Lipinski definition) is 4. The highest BCUT2D eigenvalue weighted by molar-refractivity contribution is 6.36. The van der Waals surface area contributed by atoms with Crippen molar-refractivity contribution in [2.24, 2.45) is 5.73 Å². The molecule has 0 aliphatic rings. The van der Waals surface area contributed by atoms with Crippen LogP contribution in [0.5, 0.6) is 5.75 Å². The molecule has 0 atom stereocenters. The normalized spacial score (nSPS) is 10.6. The maximum absolute atomic E-state index is 6.13. The first-order valence-corrected chi connectivity index (χ1v) is 5.60. The van der Waals surface area contributed by atoms with Crippen molar-refractivity contribution in [2.75, 3.05) is 7.11 Å². The molecule has 0 unspecified atom stereocenters. The van der Waals surface area contributed by atoms with E-state index in [1.807, 2.05) is 0 Å². The molecule has 2 rings (SSSR count). The quantitative estimate of drug-likeness (QED) is 0.933. The van der Waals surface area contributed by atoms with Crippen LogP contribution in [-0.2, 0) is 6.54 Å². The average Bonchev–Trinajstić information content (AvgIpc) is 2.79. The van der Waals surface area contributed by atoms with Crippen LogP contribution in [0.4, 0.5) is 0 Å². The Morgan fingerprint density at radius 3 is 2.76 bits per heavy atom. The van der Waals surface area contributed by atoms with E-state index >= 15 is 0 Å². The molecule has 0 saturated heterocycles. The number of ether oxygens (including phenoxy) is 1. The molecule has 0 radical (unpaired) electrons. The lowest BCUT2D eigenvalue weighted by Crippen LogP contribution is -1.96. The Labute approximate surface area is 108 Å². The van der Waals surface area contributed by atoms with Gasteiger partial charge in [0.25, 0.3) is 0 Å². The fourth-order valence-corrected chi connectivity index (χ4v) is 1.97. The molecule has 0 aliphatic heterocycles. The third-order valence-electron chi connectivity index (χ3n) is 2.35. The van der Waals surface area contributed by atoms with Crippen molar-refractivity contribution < 1.29 is 9.26 Å². The molecule has 4 nitrogen and oxygen atoms in total. The van der Waals surface area contributed by atoms with Gasteiger partial charge in [-0.3, -0.25) is 0 Å². The van der Waals surface area contributed by atoms with E-state index < -0.39 is 0 Å². The molecule has 0 amide bonds. The maximum Gasteiger partial charge on any atom is 0.172 e. The number of methoxy groups -OCH3 is 1. The van der Waals surface area contributed by atoms with Crippen molar-refractivity contribution in [3.05, 3.63) is 33.9 Å². The second kappa shape index (κ2) is 4.96. The molecule has 0 spiro atoms. The first kappa shape index (κ1) is 12.2. The van der Waals surface area contributed by atoms with E-state index in [-0.39, 0.29) is 0 Å². The molecule has 1 heterocycles. The first-order valence-electron chi connectivity index (χ1n) is 4.84. The molecule has 17 heavy (non-hydrogen) atoms. The lowest BCUT2D eigenvalue weighted by atomic mass is 10.1. The highest BCUT2D eigenvalue weighted by atomic mass is 35.5. The second-order valence-electron chi connectivity index (χ2n) is 3.35. The topological polar surface area (TPSA) is 61.3 Å². The number of nitrogens with zero attached hydrogens (tertiary/aromatic N) is 1. The fourth-order valence-electron chi connectivity index (χ4n) is 1.49.